The van der Waals surface area contributed by atoms with Gasteiger partial charge in [0, 0.05) is 16.5 Å². The van der Waals surface area contributed by atoms with E-state index in [1.54, 1.807) is 11.3 Å². The third kappa shape index (κ3) is 3.61. The molecule has 0 radical (unpaired) electrons. The molecule has 0 saturated carbocycles. The predicted octanol–water partition coefficient (Wildman–Crippen LogP) is 6.62. The van der Waals surface area contributed by atoms with Crippen LogP contribution in [0, 0.1) is 0 Å². The number of rotatable bonds is 7. The maximum atomic E-state index is 6.77. The molecule has 0 N–H and O–H groups in total. The Hall–Kier alpha value is -1.56. The van der Waals surface area contributed by atoms with Gasteiger partial charge in [0.05, 0.1) is 11.3 Å². The molecule has 0 bridgehead atoms. The zero-order chi connectivity index (χ0) is 18.8. The average Bonchev–Trinajstić information content (AvgIpc) is 3.15. The van der Waals surface area contributed by atoms with E-state index in [4.69, 9.17) is 9.41 Å². The lowest BCUT2D eigenvalue weighted by atomic mass is 10.1. The molecule has 0 aliphatic carbocycles. The summed E-state index contributed by atoms with van der Waals surface area (Å²) in [7, 11) is -1.72. The zero-order valence-corrected chi connectivity index (χ0v) is 18.2. The SMILES string of the molecule is CC[Si](CC)(CC)OC(C)(C)c1ccnc(-c2cccc3ccsc23)n1. The maximum Gasteiger partial charge on any atom is 0.193 e. The third-order valence-electron chi connectivity index (χ3n) is 5.40. The van der Waals surface area contributed by atoms with Crippen molar-refractivity contribution in [1.29, 1.82) is 0 Å². The summed E-state index contributed by atoms with van der Waals surface area (Å²) in [6, 6.07) is 13.9. The van der Waals surface area contributed by atoms with Crippen molar-refractivity contribution in [3.05, 3.63) is 47.6 Å². The smallest absolute Gasteiger partial charge is 0.193 e. The fraction of sp³-hybridized carbons (Fsp3) is 0.429. The van der Waals surface area contributed by atoms with Crippen molar-refractivity contribution in [3.8, 4) is 11.4 Å². The van der Waals surface area contributed by atoms with E-state index in [2.05, 4.69) is 69.2 Å². The van der Waals surface area contributed by atoms with E-state index in [0.717, 1.165) is 35.2 Å². The van der Waals surface area contributed by atoms with E-state index >= 15 is 0 Å². The van der Waals surface area contributed by atoms with Crippen LogP contribution in [0.3, 0.4) is 0 Å². The summed E-state index contributed by atoms with van der Waals surface area (Å²) in [5, 5.41) is 3.36. The molecular weight excluding hydrogens is 356 g/mol. The minimum absolute atomic E-state index is 0.407. The highest BCUT2D eigenvalue weighted by Crippen LogP contribution is 2.35. The third-order valence-corrected chi connectivity index (χ3v) is 11.2. The van der Waals surface area contributed by atoms with E-state index in [1.807, 2.05) is 12.3 Å². The molecule has 0 aliphatic rings. The summed E-state index contributed by atoms with van der Waals surface area (Å²) in [6.45, 7) is 11.1. The van der Waals surface area contributed by atoms with Gasteiger partial charge in [0.25, 0.3) is 0 Å². The van der Waals surface area contributed by atoms with E-state index in [9.17, 15) is 0 Å². The second kappa shape index (κ2) is 7.59. The zero-order valence-electron chi connectivity index (χ0n) is 16.4. The van der Waals surface area contributed by atoms with Crippen molar-refractivity contribution in [2.45, 2.75) is 58.4 Å². The van der Waals surface area contributed by atoms with Crippen LogP contribution in [-0.2, 0) is 10.0 Å². The van der Waals surface area contributed by atoms with Gasteiger partial charge in [-0.05, 0) is 60.9 Å². The molecule has 3 rings (SSSR count). The van der Waals surface area contributed by atoms with E-state index in [1.165, 1.54) is 10.1 Å². The Balaban J connectivity index is 2.00. The summed E-state index contributed by atoms with van der Waals surface area (Å²) < 4.78 is 8.01. The van der Waals surface area contributed by atoms with Crippen molar-refractivity contribution < 1.29 is 4.43 Å². The first-order valence-electron chi connectivity index (χ1n) is 9.45. The molecule has 5 heteroatoms. The summed E-state index contributed by atoms with van der Waals surface area (Å²) >= 11 is 1.74. The first kappa shape index (κ1) is 19.2. The van der Waals surface area contributed by atoms with Crippen molar-refractivity contribution in [2.75, 3.05) is 0 Å². The van der Waals surface area contributed by atoms with Gasteiger partial charge in [0.15, 0.2) is 14.1 Å². The van der Waals surface area contributed by atoms with Crippen molar-refractivity contribution in [3.63, 3.8) is 0 Å². The average molecular weight is 385 g/mol. The van der Waals surface area contributed by atoms with Crippen molar-refractivity contribution in [2.24, 2.45) is 0 Å². The molecule has 0 saturated heterocycles. The van der Waals surface area contributed by atoms with Crippen LogP contribution in [-0.4, -0.2) is 18.3 Å². The Morgan fingerprint density at radius 3 is 2.46 bits per heavy atom. The van der Waals surface area contributed by atoms with E-state index < -0.39 is 13.9 Å². The minimum Gasteiger partial charge on any atom is -0.406 e. The summed E-state index contributed by atoms with van der Waals surface area (Å²) in [5.74, 6) is 0.781. The van der Waals surface area contributed by atoms with Gasteiger partial charge in [0.2, 0.25) is 0 Å². The van der Waals surface area contributed by atoms with Crippen molar-refractivity contribution in [1.82, 2.24) is 9.97 Å². The molecule has 0 fully saturated rings. The van der Waals surface area contributed by atoms with Gasteiger partial charge in [-0.2, -0.15) is 0 Å². The highest BCUT2D eigenvalue weighted by atomic mass is 32.1. The van der Waals surface area contributed by atoms with Crippen LogP contribution in [0.25, 0.3) is 21.5 Å². The normalized spacial score (nSPS) is 12.7. The second-order valence-electron chi connectivity index (χ2n) is 7.27. The summed E-state index contributed by atoms with van der Waals surface area (Å²) in [5.41, 5.74) is 1.65. The van der Waals surface area contributed by atoms with Gasteiger partial charge in [-0.1, -0.05) is 32.9 Å². The number of hydrogen-bond donors (Lipinski definition) is 0. The van der Waals surface area contributed by atoms with Gasteiger partial charge >= 0.3 is 0 Å². The molecule has 0 unspecified atom stereocenters. The van der Waals surface area contributed by atoms with Crippen LogP contribution in [0.2, 0.25) is 18.1 Å². The van der Waals surface area contributed by atoms with Crippen LogP contribution in [0.15, 0.2) is 41.9 Å². The highest BCUT2D eigenvalue weighted by Gasteiger charge is 2.37. The number of thiophene rings is 1. The molecule has 3 aromatic rings. The van der Waals surface area contributed by atoms with Crippen LogP contribution in [0.5, 0.6) is 0 Å². The largest absolute Gasteiger partial charge is 0.406 e. The quantitative estimate of drug-likeness (QED) is 0.430. The van der Waals surface area contributed by atoms with Crippen LogP contribution >= 0.6 is 11.3 Å². The first-order chi connectivity index (χ1) is 12.4. The summed E-state index contributed by atoms with van der Waals surface area (Å²) in [6.07, 6.45) is 1.86. The van der Waals surface area contributed by atoms with Gasteiger partial charge < -0.3 is 4.43 Å². The molecule has 0 spiro atoms. The lowest BCUT2D eigenvalue weighted by molar-refractivity contribution is 0.0893. The number of benzene rings is 1. The Morgan fingerprint density at radius 1 is 1.04 bits per heavy atom. The number of fused-ring (bicyclic) bond motifs is 1. The molecule has 2 aromatic heterocycles. The second-order valence-corrected chi connectivity index (χ2v) is 12.9. The number of hydrogen-bond acceptors (Lipinski definition) is 4. The monoisotopic (exact) mass is 384 g/mol. The molecule has 0 amide bonds. The molecule has 26 heavy (non-hydrogen) atoms. The van der Waals surface area contributed by atoms with Gasteiger partial charge in [-0.15, -0.1) is 11.3 Å². The fourth-order valence-electron chi connectivity index (χ4n) is 3.55. The number of aromatic nitrogens is 2. The summed E-state index contributed by atoms with van der Waals surface area (Å²) in [4.78, 5) is 9.49. The molecule has 2 heterocycles. The van der Waals surface area contributed by atoms with E-state index in [-0.39, 0.29) is 0 Å². The lowest BCUT2D eigenvalue weighted by Gasteiger charge is -2.38. The minimum atomic E-state index is -1.72. The number of nitrogens with zero attached hydrogens (tertiary/aromatic N) is 2. The van der Waals surface area contributed by atoms with Crippen molar-refractivity contribution >= 4 is 29.7 Å². The Morgan fingerprint density at radius 2 is 1.77 bits per heavy atom. The fourth-order valence-corrected chi connectivity index (χ4v) is 7.58. The molecule has 1 aromatic carbocycles. The molecular formula is C21H28N2OSSi. The standard InChI is InChI=1S/C21H28N2OSSi/c1-6-26(7-2,8-3)24-21(4,5)18-12-14-22-20(23-18)17-11-9-10-16-13-15-25-19(16)17/h9-15H,6-8H2,1-5H3. The van der Waals surface area contributed by atoms with E-state index in [0.29, 0.717) is 0 Å². The molecule has 0 aliphatic heterocycles. The molecule has 138 valence electrons. The Bertz CT molecular complexity index is 878. The maximum absolute atomic E-state index is 6.77. The Labute approximate surface area is 161 Å². The predicted molar refractivity (Wildman–Crippen MR) is 114 cm³/mol. The highest BCUT2D eigenvalue weighted by molar-refractivity contribution is 7.17. The topological polar surface area (TPSA) is 35.0 Å². The van der Waals surface area contributed by atoms with Crippen LogP contribution in [0.1, 0.15) is 40.3 Å². The van der Waals surface area contributed by atoms with Gasteiger partial charge in [0.1, 0.15) is 0 Å². The van der Waals surface area contributed by atoms with Crippen LogP contribution in [0.4, 0.5) is 0 Å². The van der Waals surface area contributed by atoms with Crippen LogP contribution < -0.4 is 0 Å². The molecule has 3 nitrogen and oxygen atoms in total. The lowest BCUT2D eigenvalue weighted by Crippen LogP contribution is -2.43. The molecule has 0 atom stereocenters. The first-order valence-corrected chi connectivity index (χ1v) is 12.9. The van der Waals surface area contributed by atoms with Gasteiger partial charge in [-0.25, -0.2) is 9.97 Å². The Kier molecular flexibility index (Phi) is 5.60. The van der Waals surface area contributed by atoms with Gasteiger partial charge in [-0.3, -0.25) is 0 Å².